The van der Waals surface area contributed by atoms with Crippen molar-refractivity contribution in [3.63, 3.8) is 0 Å². The number of likely N-dealkylation sites (tertiary alicyclic amines) is 1. The molecule has 0 radical (unpaired) electrons. The van der Waals surface area contributed by atoms with Gasteiger partial charge in [0.2, 0.25) is 5.91 Å². The van der Waals surface area contributed by atoms with Crippen LogP contribution < -0.4 is 4.74 Å². The van der Waals surface area contributed by atoms with E-state index in [9.17, 15) is 19.2 Å². The molecule has 33 heavy (non-hydrogen) atoms. The first-order valence-corrected chi connectivity index (χ1v) is 11.4. The molecule has 3 amide bonds. The highest BCUT2D eigenvalue weighted by Crippen LogP contribution is 2.44. The van der Waals surface area contributed by atoms with Gasteiger partial charge >= 0.3 is 0 Å². The Labute approximate surface area is 200 Å². The standard InChI is InChI=1S/C24H20Cl2N2O5/c1-13(28-22(31)15-4-2-3-5-16(15)23(28)32)21(30)27-8-6-24(7-9-27)12-19(29)17-10-14(25)11-18(26)20(17)33-24/h2-5,10-11,13H,6-9,12H2,1H3. The minimum atomic E-state index is -0.933. The van der Waals surface area contributed by atoms with Crippen molar-refractivity contribution in [1.82, 2.24) is 9.80 Å². The number of fused-ring (bicyclic) bond motifs is 2. The molecule has 0 N–H and O–H groups in total. The van der Waals surface area contributed by atoms with Crippen LogP contribution >= 0.6 is 23.2 Å². The smallest absolute Gasteiger partial charge is 0.262 e. The molecular formula is C24H20Cl2N2O5. The minimum Gasteiger partial charge on any atom is -0.484 e. The highest BCUT2D eigenvalue weighted by atomic mass is 35.5. The number of nitrogens with zero attached hydrogens (tertiary/aromatic N) is 2. The van der Waals surface area contributed by atoms with Gasteiger partial charge < -0.3 is 9.64 Å². The number of rotatable bonds is 2. The largest absolute Gasteiger partial charge is 0.484 e. The van der Waals surface area contributed by atoms with Gasteiger partial charge in [-0.1, -0.05) is 35.3 Å². The zero-order valence-corrected chi connectivity index (χ0v) is 19.3. The summed E-state index contributed by atoms with van der Waals surface area (Å²) in [6, 6.07) is 8.71. The van der Waals surface area contributed by atoms with Crippen molar-refractivity contribution < 1.29 is 23.9 Å². The predicted molar refractivity (Wildman–Crippen MR) is 121 cm³/mol. The van der Waals surface area contributed by atoms with E-state index in [-0.39, 0.29) is 23.1 Å². The van der Waals surface area contributed by atoms with Gasteiger partial charge in [0.1, 0.15) is 17.4 Å². The Morgan fingerprint density at radius 2 is 1.61 bits per heavy atom. The Kier molecular flexibility index (Phi) is 5.21. The van der Waals surface area contributed by atoms with Gasteiger partial charge in [-0.15, -0.1) is 0 Å². The Morgan fingerprint density at radius 3 is 2.21 bits per heavy atom. The van der Waals surface area contributed by atoms with E-state index in [4.69, 9.17) is 27.9 Å². The van der Waals surface area contributed by atoms with E-state index in [1.165, 1.54) is 6.07 Å². The second-order valence-corrected chi connectivity index (χ2v) is 9.52. The topological polar surface area (TPSA) is 84.0 Å². The third-order valence-electron chi connectivity index (χ3n) is 6.67. The van der Waals surface area contributed by atoms with Gasteiger partial charge in [-0.25, -0.2) is 0 Å². The molecule has 0 saturated carbocycles. The number of carbonyl (C=O) groups excluding carboxylic acids is 4. The molecule has 1 fully saturated rings. The van der Waals surface area contributed by atoms with Crippen molar-refractivity contribution in [1.29, 1.82) is 0 Å². The lowest BCUT2D eigenvalue weighted by Gasteiger charge is -2.44. The number of halogens is 2. The van der Waals surface area contributed by atoms with Crippen molar-refractivity contribution in [2.24, 2.45) is 0 Å². The van der Waals surface area contributed by atoms with E-state index in [2.05, 4.69) is 0 Å². The fraction of sp³-hybridized carbons (Fsp3) is 0.333. The predicted octanol–water partition coefficient (Wildman–Crippen LogP) is 4.00. The molecule has 3 heterocycles. The molecule has 2 aromatic carbocycles. The summed E-state index contributed by atoms with van der Waals surface area (Å²) >= 11 is 12.3. The molecule has 1 saturated heterocycles. The van der Waals surface area contributed by atoms with Gasteiger partial charge in [0, 0.05) is 31.0 Å². The van der Waals surface area contributed by atoms with Crippen LogP contribution in [0.1, 0.15) is 57.3 Å². The molecule has 5 rings (SSSR count). The van der Waals surface area contributed by atoms with E-state index in [0.29, 0.717) is 53.4 Å². The molecule has 170 valence electrons. The highest BCUT2D eigenvalue weighted by Gasteiger charge is 2.47. The molecule has 0 aliphatic carbocycles. The van der Waals surface area contributed by atoms with E-state index in [0.717, 1.165) is 4.90 Å². The average molecular weight is 487 g/mol. The van der Waals surface area contributed by atoms with Crippen molar-refractivity contribution in [2.75, 3.05) is 13.1 Å². The quantitative estimate of drug-likeness (QED) is 0.598. The van der Waals surface area contributed by atoms with Crippen molar-refractivity contribution in [2.45, 2.75) is 37.8 Å². The molecule has 3 aliphatic rings. The number of hydrogen-bond donors (Lipinski definition) is 0. The summed E-state index contributed by atoms with van der Waals surface area (Å²) in [5, 5.41) is 0.650. The van der Waals surface area contributed by atoms with Crippen LogP contribution in [-0.2, 0) is 4.79 Å². The lowest BCUT2D eigenvalue weighted by molar-refractivity contribution is -0.138. The van der Waals surface area contributed by atoms with Gasteiger partial charge in [-0.05, 0) is 31.2 Å². The van der Waals surface area contributed by atoms with Crippen molar-refractivity contribution >= 4 is 46.7 Å². The van der Waals surface area contributed by atoms with Crippen LogP contribution in [-0.4, -0.2) is 58.0 Å². The number of carbonyl (C=O) groups is 4. The van der Waals surface area contributed by atoms with Crippen LogP contribution in [0.5, 0.6) is 5.75 Å². The molecule has 1 atom stereocenters. The average Bonchev–Trinajstić information content (AvgIpc) is 3.05. The van der Waals surface area contributed by atoms with Gasteiger partial charge in [0.05, 0.1) is 28.1 Å². The number of ketones is 1. The first kappa shape index (κ1) is 21.9. The zero-order chi connectivity index (χ0) is 23.5. The molecule has 2 aromatic rings. The fourth-order valence-electron chi connectivity index (χ4n) is 4.86. The molecule has 9 heteroatoms. The number of hydrogen-bond acceptors (Lipinski definition) is 5. The Morgan fingerprint density at radius 1 is 1.00 bits per heavy atom. The second kappa shape index (κ2) is 7.85. The number of ether oxygens (including phenoxy) is 1. The third kappa shape index (κ3) is 3.50. The summed E-state index contributed by atoms with van der Waals surface area (Å²) in [5.74, 6) is -1.00. The summed E-state index contributed by atoms with van der Waals surface area (Å²) in [7, 11) is 0. The number of amides is 3. The van der Waals surface area contributed by atoms with E-state index < -0.39 is 23.5 Å². The Hall–Kier alpha value is -2.90. The first-order chi connectivity index (χ1) is 15.7. The minimum absolute atomic E-state index is 0.0974. The van der Waals surface area contributed by atoms with E-state index in [1.807, 2.05) is 0 Å². The SMILES string of the molecule is CC(C(=O)N1CCC2(CC1)CC(=O)c1cc(Cl)cc(Cl)c1O2)N1C(=O)c2ccccc2C1=O. The maximum absolute atomic E-state index is 13.2. The number of piperidine rings is 1. The van der Waals surface area contributed by atoms with Crippen LogP contribution in [0.3, 0.4) is 0 Å². The van der Waals surface area contributed by atoms with E-state index in [1.54, 1.807) is 42.2 Å². The normalized spacial score (nSPS) is 19.9. The third-order valence-corrected chi connectivity index (χ3v) is 7.17. The van der Waals surface area contributed by atoms with E-state index >= 15 is 0 Å². The maximum atomic E-state index is 13.2. The molecular weight excluding hydrogens is 467 g/mol. The van der Waals surface area contributed by atoms with Crippen LogP contribution in [0, 0.1) is 0 Å². The lowest BCUT2D eigenvalue weighted by atomic mass is 9.82. The molecule has 1 unspecified atom stereocenters. The number of Topliss-reactive ketones (excluding diaryl/α,β-unsaturated/α-hetero) is 1. The Bertz CT molecular complexity index is 1180. The van der Waals surface area contributed by atoms with Crippen LogP contribution in [0.4, 0.5) is 0 Å². The number of benzene rings is 2. The van der Waals surface area contributed by atoms with Crippen molar-refractivity contribution in [3.05, 3.63) is 63.1 Å². The lowest BCUT2D eigenvalue weighted by Crippen LogP contribution is -2.56. The van der Waals surface area contributed by atoms with Gasteiger partial charge in [0.15, 0.2) is 5.78 Å². The van der Waals surface area contributed by atoms with Gasteiger partial charge in [-0.2, -0.15) is 0 Å². The molecule has 0 aromatic heterocycles. The molecule has 1 spiro atoms. The molecule has 7 nitrogen and oxygen atoms in total. The summed E-state index contributed by atoms with van der Waals surface area (Å²) in [6.45, 7) is 2.23. The molecule has 3 aliphatic heterocycles. The fourth-order valence-corrected chi connectivity index (χ4v) is 5.39. The van der Waals surface area contributed by atoms with Crippen molar-refractivity contribution in [3.8, 4) is 5.75 Å². The highest BCUT2D eigenvalue weighted by molar-refractivity contribution is 6.36. The Balaban J connectivity index is 1.30. The summed E-state index contributed by atoms with van der Waals surface area (Å²) in [5.41, 5.74) is 0.238. The number of imide groups is 1. The monoisotopic (exact) mass is 486 g/mol. The van der Waals surface area contributed by atoms with Gasteiger partial charge in [-0.3, -0.25) is 24.1 Å². The van der Waals surface area contributed by atoms with Crippen LogP contribution in [0.2, 0.25) is 10.0 Å². The maximum Gasteiger partial charge on any atom is 0.262 e. The second-order valence-electron chi connectivity index (χ2n) is 8.68. The van der Waals surface area contributed by atoms with Gasteiger partial charge in [0.25, 0.3) is 11.8 Å². The summed E-state index contributed by atoms with van der Waals surface area (Å²) in [4.78, 5) is 54.1. The van der Waals surface area contributed by atoms with Crippen LogP contribution in [0.25, 0.3) is 0 Å². The summed E-state index contributed by atoms with van der Waals surface area (Å²) < 4.78 is 6.21. The van der Waals surface area contributed by atoms with Crippen LogP contribution in [0.15, 0.2) is 36.4 Å². The first-order valence-electron chi connectivity index (χ1n) is 10.7. The molecule has 0 bridgehead atoms. The zero-order valence-electron chi connectivity index (χ0n) is 17.8. The summed E-state index contributed by atoms with van der Waals surface area (Å²) in [6.07, 6.45) is 1.03.